The van der Waals surface area contributed by atoms with Crippen LogP contribution in [0.4, 0.5) is 11.4 Å². The van der Waals surface area contributed by atoms with Gasteiger partial charge in [-0.2, -0.15) is 0 Å². The number of hydrogen-bond acceptors (Lipinski definition) is 3. The molecule has 5 heteroatoms. The lowest BCUT2D eigenvalue weighted by atomic mass is 9.88. The zero-order valence-electron chi connectivity index (χ0n) is 18.0. The molecular formula is C26H24Cl2N2O. The van der Waals surface area contributed by atoms with Crippen molar-refractivity contribution in [1.29, 1.82) is 0 Å². The number of rotatable bonds is 4. The van der Waals surface area contributed by atoms with E-state index in [0.29, 0.717) is 15.8 Å². The van der Waals surface area contributed by atoms with Crippen LogP contribution in [0.25, 0.3) is 5.57 Å². The first-order chi connectivity index (χ1) is 14.7. The topological polar surface area (TPSA) is 24.8 Å². The molecule has 0 fully saturated rings. The summed E-state index contributed by atoms with van der Waals surface area (Å²) >= 11 is 12.6. The Morgan fingerprint density at radius 2 is 1.71 bits per heavy atom. The van der Waals surface area contributed by atoms with Crippen molar-refractivity contribution in [1.82, 2.24) is 0 Å². The van der Waals surface area contributed by atoms with Crippen molar-refractivity contribution in [2.24, 2.45) is 4.99 Å². The summed E-state index contributed by atoms with van der Waals surface area (Å²) in [7, 11) is 2.10. The fourth-order valence-corrected chi connectivity index (χ4v) is 4.08. The zero-order chi connectivity index (χ0) is 22.2. The highest BCUT2D eigenvalue weighted by atomic mass is 35.5. The maximum atomic E-state index is 6.59. The van der Waals surface area contributed by atoms with E-state index in [4.69, 9.17) is 27.9 Å². The lowest BCUT2D eigenvalue weighted by Crippen LogP contribution is -2.42. The fourth-order valence-electron chi connectivity index (χ4n) is 3.70. The van der Waals surface area contributed by atoms with E-state index in [1.165, 1.54) is 11.1 Å². The number of fused-ring (bicyclic) bond motifs is 1. The van der Waals surface area contributed by atoms with Gasteiger partial charge >= 0.3 is 0 Å². The second kappa shape index (κ2) is 8.41. The standard InChI is InChI=1S/C26H24Cl2N2O/c1-17-15-26(2,3)30(4)25-14-24(28)18(12-23(17)25)16-29-20-8-10-21(11-9-20)31-22-7-5-6-19(27)13-22/h5-16H,1-4H3. The molecule has 31 heavy (non-hydrogen) atoms. The van der Waals surface area contributed by atoms with Crippen molar-refractivity contribution in [2.45, 2.75) is 26.3 Å². The molecule has 0 bridgehead atoms. The van der Waals surface area contributed by atoms with Crippen molar-refractivity contribution >= 4 is 46.4 Å². The van der Waals surface area contributed by atoms with Crippen molar-refractivity contribution in [3.8, 4) is 11.5 Å². The van der Waals surface area contributed by atoms with Crippen LogP contribution in [-0.4, -0.2) is 18.8 Å². The van der Waals surface area contributed by atoms with Crippen LogP contribution < -0.4 is 9.64 Å². The minimum atomic E-state index is -0.0507. The van der Waals surface area contributed by atoms with Gasteiger partial charge in [-0.05, 0) is 80.9 Å². The largest absolute Gasteiger partial charge is 0.457 e. The van der Waals surface area contributed by atoms with Gasteiger partial charge in [-0.3, -0.25) is 4.99 Å². The molecule has 0 N–H and O–H groups in total. The summed E-state index contributed by atoms with van der Waals surface area (Å²) < 4.78 is 5.83. The summed E-state index contributed by atoms with van der Waals surface area (Å²) in [6.45, 7) is 6.53. The number of hydrogen-bond donors (Lipinski definition) is 0. The quantitative estimate of drug-likeness (QED) is 0.374. The first-order valence-electron chi connectivity index (χ1n) is 10.1. The third kappa shape index (κ3) is 4.63. The van der Waals surface area contributed by atoms with E-state index in [0.717, 1.165) is 22.7 Å². The average molecular weight is 451 g/mol. The molecule has 0 aromatic heterocycles. The Labute approximate surface area is 193 Å². The van der Waals surface area contributed by atoms with E-state index in [1.807, 2.05) is 54.7 Å². The molecule has 0 saturated heterocycles. The van der Waals surface area contributed by atoms with Crippen molar-refractivity contribution in [3.63, 3.8) is 0 Å². The summed E-state index contributed by atoms with van der Waals surface area (Å²) in [5.41, 5.74) is 5.21. The van der Waals surface area contributed by atoms with E-state index in [2.05, 4.69) is 49.9 Å². The van der Waals surface area contributed by atoms with Gasteiger partial charge in [0.15, 0.2) is 0 Å². The van der Waals surface area contributed by atoms with E-state index >= 15 is 0 Å². The predicted octanol–water partition coefficient (Wildman–Crippen LogP) is 8.17. The van der Waals surface area contributed by atoms with Gasteiger partial charge in [-0.25, -0.2) is 0 Å². The Hall–Kier alpha value is -2.75. The number of aliphatic imine (C=N–C) groups is 1. The molecule has 3 nitrogen and oxygen atoms in total. The van der Waals surface area contributed by atoms with Crippen LogP contribution >= 0.6 is 23.2 Å². The Balaban J connectivity index is 1.54. The number of halogens is 2. The van der Waals surface area contributed by atoms with Gasteiger partial charge < -0.3 is 9.64 Å². The number of ether oxygens (including phenoxy) is 1. The second-order valence-electron chi connectivity index (χ2n) is 8.24. The minimum Gasteiger partial charge on any atom is -0.457 e. The molecule has 0 radical (unpaired) electrons. The molecule has 0 atom stereocenters. The molecule has 0 aliphatic carbocycles. The monoisotopic (exact) mass is 450 g/mol. The third-order valence-corrected chi connectivity index (χ3v) is 6.12. The highest BCUT2D eigenvalue weighted by Crippen LogP contribution is 2.40. The van der Waals surface area contributed by atoms with Crippen molar-refractivity contribution in [2.75, 3.05) is 11.9 Å². The van der Waals surface area contributed by atoms with Gasteiger partial charge in [0.2, 0.25) is 0 Å². The average Bonchev–Trinajstić information content (AvgIpc) is 2.72. The zero-order valence-corrected chi connectivity index (χ0v) is 19.5. The molecule has 158 valence electrons. The Bertz CT molecular complexity index is 1180. The SMILES string of the molecule is CC1=CC(C)(C)N(C)c2cc(Cl)c(C=Nc3ccc(Oc4cccc(Cl)c4)cc3)cc21. The summed E-state index contributed by atoms with van der Waals surface area (Å²) in [5.74, 6) is 1.42. The minimum absolute atomic E-state index is 0.0507. The highest BCUT2D eigenvalue weighted by Gasteiger charge is 2.29. The normalized spacial score (nSPS) is 15.0. The molecule has 1 aliphatic heterocycles. The summed E-state index contributed by atoms with van der Waals surface area (Å²) in [6.07, 6.45) is 4.09. The molecule has 0 spiro atoms. The lowest BCUT2D eigenvalue weighted by molar-refractivity contribution is 0.483. The summed E-state index contributed by atoms with van der Waals surface area (Å²) in [5, 5.41) is 1.32. The van der Waals surface area contributed by atoms with Crippen LogP contribution in [0.15, 0.2) is 71.7 Å². The molecule has 4 rings (SSSR count). The summed E-state index contributed by atoms with van der Waals surface area (Å²) in [4.78, 5) is 6.85. The predicted molar refractivity (Wildman–Crippen MR) is 133 cm³/mol. The van der Waals surface area contributed by atoms with Gasteiger partial charge in [-0.15, -0.1) is 0 Å². The molecule has 3 aromatic rings. The molecular weight excluding hydrogens is 427 g/mol. The van der Waals surface area contributed by atoms with E-state index in [9.17, 15) is 0 Å². The number of anilines is 1. The van der Waals surface area contributed by atoms with Crippen LogP contribution in [0.3, 0.4) is 0 Å². The van der Waals surface area contributed by atoms with E-state index < -0.39 is 0 Å². The second-order valence-corrected chi connectivity index (χ2v) is 9.09. The van der Waals surface area contributed by atoms with Crippen LogP contribution in [0, 0.1) is 0 Å². The number of benzene rings is 3. The maximum absolute atomic E-state index is 6.59. The Morgan fingerprint density at radius 3 is 2.42 bits per heavy atom. The van der Waals surface area contributed by atoms with Gasteiger partial charge in [0.1, 0.15) is 11.5 Å². The van der Waals surface area contributed by atoms with Crippen LogP contribution in [0.5, 0.6) is 11.5 Å². The van der Waals surface area contributed by atoms with Crippen LogP contribution in [-0.2, 0) is 0 Å². The molecule has 1 aliphatic rings. The molecule has 1 heterocycles. The van der Waals surface area contributed by atoms with Crippen LogP contribution in [0.1, 0.15) is 31.9 Å². The van der Waals surface area contributed by atoms with Crippen molar-refractivity contribution < 1.29 is 4.74 Å². The maximum Gasteiger partial charge on any atom is 0.128 e. The number of nitrogens with zero attached hydrogens (tertiary/aromatic N) is 2. The van der Waals surface area contributed by atoms with Gasteiger partial charge in [0, 0.05) is 35.1 Å². The molecule has 3 aromatic carbocycles. The Kier molecular flexibility index (Phi) is 5.83. The molecule has 0 amide bonds. The molecule has 0 unspecified atom stereocenters. The highest BCUT2D eigenvalue weighted by molar-refractivity contribution is 6.33. The van der Waals surface area contributed by atoms with Gasteiger partial charge in [0.25, 0.3) is 0 Å². The third-order valence-electron chi connectivity index (χ3n) is 5.56. The molecule has 0 saturated carbocycles. The fraction of sp³-hybridized carbons (Fsp3) is 0.192. The van der Waals surface area contributed by atoms with E-state index in [1.54, 1.807) is 6.07 Å². The van der Waals surface area contributed by atoms with Gasteiger partial charge in [-0.1, -0.05) is 35.3 Å². The number of allylic oxidation sites excluding steroid dienone is 1. The summed E-state index contributed by atoms with van der Waals surface area (Å²) in [6, 6.07) is 19.0. The number of likely N-dealkylation sites (N-methyl/N-ethyl adjacent to an activating group) is 1. The smallest absolute Gasteiger partial charge is 0.128 e. The van der Waals surface area contributed by atoms with Gasteiger partial charge in [0.05, 0.1) is 16.2 Å². The van der Waals surface area contributed by atoms with Crippen LogP contribution in [0.2, 0.25) is 10.0 Å². The lowest BCUT2D eigenvalue weighted by Gasteiger charge is -2.40. The van der Waals surface area contributed by atoms with Crippen molar-refractivity contribution in [3.05, 3.63) is 87.9 Å². The first kappa shape index (κ1) is 21.5. The Morgan fingerprint density at radius 1 is 0.968 bits per heavy atom. The van der Waals surface area contributed by atoms with E-state index in [-0.39, 0.29) is 5.54 Å². The first-order valence-corrected chi connectivity index (χ1v) is 10.8.